The quantitative estimate of drug-likeness (QED) is 0.685. The number of halogens is 1. The molecule has 0 radical (unpaired) electrons. The number of benzene rings is 1. The van der Waals surface area contributed by atoms with Gasteiger partial charge in [-0.3, -0.25) is 14.9 Å². The highest BCUT2D eigenvalue weighted by Gasteiger charge is 2.30. The summed E-state index contributed by atoms with van der Waals surface area (Å²) in [6.45, 7) is 4.33. The van der Waals surface area contributed by atoms with Gasteiger partial charge in [-0.05, 0) is 44.7 Å². The Morgan fingerprint density at radius 1 is 1.45 bits per heavy atom. The zero-order valence-electron chi connectivity index (χ0n) is 12.7. The Balaban J connectivity index is 2.25. The Hall–Kier alpha value is -2.02. The van der Waals surface area contributed by atoms with E-state index in [9.17, 15) is 19.3 Å². The highest BCUT2D eigenvalue weighted by molar-refractivity contribution is 5.98. The van der Waals surface area contributed by atoms with Crippen LogP contribution in [0.15, 0.2) is 12.1 Å². The van der Waals surface area contributed by atoms with Crippen molar-refractivity contribution in [1.29, 1.82) is 0 Å². The zero-order valence-corrected chi connectivity index (χ0v) is 12.7. The molecule has 1 aromatic carbocycles. The fourth-order valence-electron chi connectivity index (χ4n) is 2.94. The third-order valence-corrected chi connectivity index (χ3v) is 4.25. The first kappa shape index (κ1) is 16.4. The number of aryl methyl sites for hydroxylation is 1. The minimum atomic E-state index is -0.642. The van der Waals surface area contributed by atoms with Gasteiger partial charge in [-0.15, -0.1) is 0 Å². The van der Waals surface area contributed by atoms with Crippen molar-refractivity contribution < 1.29 is 14.1 Å². The first-order valence-corrected chi connectivity index (χ1v) is 7.30. The van der Waals surface area contributed by atoms with Gasteiger partial charge in [-0.1, -0.05) is 0 Å². The van der Waals surface area contributed by atoms with Crippen molar-refractivity contribution in [1.82, 2.24) is 4.90 Å². The summed E-state index contributed by atoms with van der Waals surface area (Å²) in [5.74, 6) is -0.789. The predicted molar refractivity (Wildman–Crippen MR) is 80.1 cm³/mol. The lowest BCUT2D eigenvalue weighted by atomic mass is 9.90. The summed E-state index contributed by atoms with van der Waals surface area (Å²) in [6, 6.07) is 2.07. The Bertz CT molecular complexity index is 596. The Morgan fingerprint density at radius 2 is 2.05 bits per heavy atom. The molecule has 1 aliphatic heterocycles. The number of nitro benzene ring substituents is 1. The predicted octanol–water partition coefficient (Wildman–Crippen LogP) is 2.24. The van der Waals surface area contributed by atoms with Gasteiger partial charge in [0.1, 0.15) is 11.4 Å². The van der Waals surface area contributed by atoms with E-state index in [0.717, 1.165) is 25.0 Å². The second-order valence-electron chi connectivity index (χ2n) is 5.86. The molecule has 0 bridgehead atoms. The summed E-state index contributed by atoms with van der Waals surface area (Å²) in [7, 11) is 0. The Labute approximate surface area is 128 Å². The van der Waals surface area contributed by atoms with Gasteiger partial charge in [0.05, 0.1) is 4.92 Å². The van der Waals surface area contributed by atoms with E-state index < -0.39 is 16.6 Å². The molecule has 1 amide bonds. The first-order valence-electron chi connectivity index (χ1n) is 7.30. The summed E-state index contributed by atoms with van der Waals surface area (Å²) in [5.41, 5.74) is 5.51. The fraction of sp³-hybridized carbons (Fsp3) is 0.533. The summed E-state index contributed by atoms with van der Waals surface area (Å²) in [6.07, 6.45) is 1.51. The van der Waals surface area contributed by atoms with Gasteiger partial charge in [-0.2, -0.15) is 0 Å². The molecule has 2 rings (SSSR count). The van der Waals surface area contributed by atoms with E-state index in [-0.39, 0.29) is 22.9 Å². The number of likely N-dealkylation sites (tertiary alicyclic amines) is 1. The van der Waals surface area contributed by atoms with Crippen LogP contribution in [0, 0.1) is 28.8 Å². The average molecular weight is 309 g/mol. The molecule has 1 unspecified atom stereocenters. The molecule has 1 saturated heterocycles. The van der Waals surface area contributed by atoms with Gasteiger partial charge in [0, 0.05) is 24.7 Å². The molecule has 0 saturated carbocycles. The standard InChI is InChI=1S/C15H20FN3O3/c1-9-7-12(16)8-13(14(9)19(21)22)15(20)18-5-3-11(4-6-18)10(2)17/h7-8,10-11H,3-6,17H2,1-2H3. The lowest BCUT2D eigenvalue weighted by Gasteiger charge is -2.33. The number of rotatable bonds is 3. The fourth-order valence-corrected chi connectivity index (χ4v) is 2.94. The number of carbonyl (C=O) groups excluding carboxylic acids is 1. The highest BCUT2D eigenvalue weighted by atomic mass is 19.1. The van der Waals surface area contributed by atoms with Crippen LogP contribution in [0.25, 0.3) is 0 Å². The number of nitrogens with zero attached hydrogens (tertiary/aromatic N) is 2. The van der Waals surface area contributed by atoms with E-state index in [2.05, 4.69) is 0 Å². The summed E-state index contributed by atoms with van der Waals surface area (Å²) in [4.78, 5) is 24.6. The van der Waals surface area contributed by atoms with E-state index in [0.29, 0.717) is 19.0 Å². The topological polar surface area (TPSA) is 89.5 Å². The number of hydrogen-bond donors (Lipinski definition) is 1. The minimum Gasteiger partial charge on any atom is -0.338 e. The number of piperidine rings is 1. The van der Waals surface area contributed by atoms with Gasteiger partial charge in [-0.25, -0.2) is 4.39 Å². The zero-order chi connectivity index (χ0) is 16.4. The average Bonchev–Trinajstić information content (AvgIpc) is 2.45. The van der Waals surface area contributed by atoms with E-state index in [1.165, 1.54) is 6.92 Å². The van der Waals surface area contributed by atoms with Crippen molar-refractivity contribution in [3.63, 3.8) is 0 Å². The number of carbonyl (C=O) groups is 1. The molecule has 2 N–H and O–H groups in total. The summed E-state index contributed by atoms with van der Waals surface area (Å²) >= 11 is 0. The minimum absolute atomic E-state index is 0.0583. The van der Waals surface area contributed by atoms with Crippen molar-refractivity contribution in [2.75, 3.05) is 13.1 Å². The molecule has 1 heterocycles. The number of amides is 1. The molecule has 0 spiro atoms. The van der Waals surface area contributed by atoms with Crippen LogP contribution in [0.2, 0.25) is 0 Å². The summed E-state index contributed by atoms with van der Waals surface area (Å²) in [5, 5.41) is 11.2. The van der Waals surface area contributed by atoms with E-state index >= 15 is 0 Å². The number of nitrogens with two attached hydrogens (primary N) is 1. The van der Waals surface area contributed by atoms with E-state index in [1.807, 2.05) is 6.92 Å². The van der Waals surface area contributed by atoms with Crippen LogP contribution in [0.5, 0.6) is 0 Å². The maximum atomic E-state index is 13.6. The smallest absolute Gasteiger partial charge is 0.285 e. The van der Waals surface area contributed by atoms with Crippen molar-refractivity contribution >= 4 is 11.6 Å². The van der Waals surface area contributed by atoms with Crippen LogP contribution in [-0.4, -0.2) is 34.9 Å². The van der Waals surface area contributed by atoms with Gasteiger partial charge >= 0.3 is 0 Å². The van der Waals surface area contributed by atoms with Crippen molar-refractivity contribution in [2.24, 2.45) is 11.7 Å². The SMILES string of the molecule is Cc1cc(F)cc(C(=O)N2CCC(C(C)N)CC2)c1[N+](=O)[O-]. The molecule has 120 valence electrons. The van der Waals surface area contributed by atoms with Gasteiger partial charge in [0.15, 0.2) is 0 Å². The molecule has 6 nitrogen and oxygen atoms in total. The van der Waals surface area contributed by atoms with Crippen LogP contribution >= 0.6 is 0 Å². The number of nitro groups is 1. The second-order valence-corrected chi connectivity index (χ2v) is 5.86. The van der Waals surface area contributed by atoms with Crippen LogP contribution < -0.4 is 5.73 Å². The molecular weight excluding hydrogens is 289 g/mol. The maximum absolute atomic E-state index is 13.6. The van der Waals surface area contributed by atoms with Gasteiger partial charge in [0.2, 0.25) is 0 Å². The van der Waals surface area contributed by atoms with Crippen molar-refractivity contribution in [3.05, 3.63) is 39.2 Å². The Morgan fingerprint density at radius 3 is 2.55 bits per heavy atom. The third-order valence-electron chi connectivity index (χ3n) is 4.25. The molecule has 22 heavy (non-hydrogen) atoms. The van der Waals surface area contributed by atoms with Gasteiger partial charge in [0.25, 0.3) is 11.6 Å². The first-order chi connectivity index (χ1) is 10.3. The van der Waals surface area contributed by atoms with Crippen LogP contribution in [0.3, 0.4) is 0 Å². The largest absolute Gasteiger partial charge is 0.338 e. The molecule has 0 aromatic heterocycles. The van der Waals surface area contributed by atoms with E-state index in [1.54, 1.807) is 4.90 Å². The molecule has 1 aromatic rings. The van der Waals surface area contributed by atoms with Gasteiger partial charge < -0.3 is 10.6 Å². The monoisotopic (exact) mass is 309 g/mol. The number of hydrogen-bond acceptors (Lipinski definition) is 4. The van der Waals surface area contributed by atoms with Crippen molar-refractivity contribution in [2.45, 2.75) is 32.7 Å². The molecule has 1 aliphatic rings. The normalized spacial score (nSPS) is 17.4. The molecular formula is C15H20FN3O3. The second kappa shape index (κ2) is 6.39. The molecule has 7 heteroatoms. The maximum Gasteiger partial charge on any atom is 0.285 e. The van der Waals surface area contributed by atoms with Crippen LogP contribution in [-0.2, 0) is 0 Å². The highest BCUT2D eigenvalue weighted by Crippen LogP contribution is 2.28. The Kier molecular flexibility index (Phi) is 4.75. The van der Waals surface area contributed by atoms with Crippen molar-refractivity contribution in [3.8, 4) is 0 Å². The summed E-state index contributed by atoms with van der Waals surface area (Å²) < 4.78 is 13.6. The lowest BCUT2D eigenvalue weighted by molar-refractivity contribution is -0.385. The van der Waals surface area contributed by atoms with E-state index in [4.69, 9.17) is 5.73 Å². The molecule has 1 atom stereocenters. The van der Waals surface area contributed by atoms with Crippen LogP contribution in [0.4, 0.5) is 10.1 Å². The third kappa shape index (κ3) is 3.24. The molecule has 1 fully saturated rings. The van der Waals surface area contributed by atoms with Crippen LogP contribution in [0.1, 0.15) is 35.7 Å². The molecule has 0 aliphatic carbocycles. The lowest BCUT2D eigenvalue weighted by Crippen LogP contribution is -2.42.